The molecule has 0 heterocycles. The van der Waals surface area contributed by atoms with Crippen molar-refractivity contribution in [2.45, 2.75) is 11.8 Å². The van der Waals surface area contributed by atoms with Gasteiger partial charge in [0.25, 0.3) is 0 Å². The van der Waals surface area contributed by atoms with Crippen molar-refractivity contribution >= 4 is 26.5 Å². The molecule has 0 fully saturated rings. The molecule has 1 N–H and O–H groups in total. The quantitative estimate of drug-likeness (QED) is 0.401. The fraction of sp³-hybridized carbons (Fsp3) is 0.0714. The first-order valence-corrected chi connectivity index (χ1v) is 7.61. The van der Waals surface area contributed by atoms with Gasteiger partial charge < -0.3 is 5.21 Å². The molecule has 0 amide bonds. The van der Waals surface area contributed by atoms with Crippen LogP contribution in [0.3, 0.4) is 0 Å². The largest absolute Gasteiger partial charge is 0.410 e. The Hall–Kier alpha value is -1.85. The number of sulfone groups is 1. The van der Waals surface area contributed by atoms with E-state index in [9.17, 15) is 8.42 Å². The summed E-state index contributed by atoms with van der Waals surface area (Å²) in [7, 11) is -3.88. The summed E-state index contributed by atoms with van der Waals surface area (Å²) < 4.78 is 24.9. The summed E-state index contributed by atoms with van der Waals surface area (Å²) in [6.07, 6.45) is 0. The average Bonchev–Trinajstić information content (AvgIpc) is 2.42. The maximum atomic E-state index is 12.4. The third kappa shape index (κ3) is 2.84. The van der Waals surface area contributed by atoms with Crippen molar-refractivity contribution in [2.75, 3.05) is 0 Å². The van der Waals surface area contributed by atoms with Crippen LogP contribution >= 0.6 is 11.6 Å². The smallest absolute Gasteiger partial charge is 0.227 e. The fourth-order valence-electron chi connectivity index (χ4n) is 1.69. The number of rotatable bonds is 2. The van der Waals surface area contributed by atoms with Gasteiger partial charge in [-0.15, -0.1) is 0 Å². The fourth-order valence-corrected chi connectivity index (χ4v) is 3.09. The van der Waals surface area contributed by atoms with E-state index in [1.165, 1.54) is 36.4 Å². The van der Waals surface area contributed by atoms with Gasteiger partial charge in [-0.05, 0) is 31.2 Å². The molecule has 0 aromatic heterocycles. The lowest BCUT2D eigenvalue weighted by Crippen LogP contribution is -2.16. The topological polar surface area (TPSA) is 66.7 Å². The summed E-state index contributed by atoms with van der Waals surface area (Å²) >= 11 is 5.76. The Morgan fingerprint density at radius 1 is 1.05 bits per heavy atom. The van der Waals surface area contributed by atoms with E-state index in [4.69, 9.17) is 16.8 Å². The monoisotopic (exact) mass is 309 g/mol. The minimum Gasteiger partial charge on any atom is -0.410 e. The Balaban J connectivity index is 2.51. The zero-order valence-electron chi connectivity index (χ0n) is 10.6. The van der Waals surface area contributed by atoms with Crippen LogP contribution in [-0.4, -0.2) is 18.7 Å². The average molecular weight is 310 g/mol. The molecular formula is C14H12ClNO3S. The Morgan fingerprint density at radius 2 is 1.60 bits per heavy atom. The second-order valence-electron chi connectivity index (χ2n) is 4.23. The van der Waals surface area contributed by atoms with Crippen LogP contribution in [0.4, 0.5) is 0 Å². The number of nitrogens with zero attached hydrogens (tertiary/aromatic N) is 1. The number of halogens is 1. The second-order valence-corrected chi connectivity index (χ2v) is 6.53. The Morgan fingerprint density at radius 3 is 2.10 bits per heavy atom. The minimum absolute atomic E-state index is 0.0749. The predicted molar refractivity (Wildman–Crippen MR) is 78.1 cm³/mol. The SMILES string of the molecule is Cc1ccc(S(=O)(=O)C(=NO)c2ccc(Cl)cc2)cc1. The maximum absolute atomic E-state index is 12.4. The highest BCUT2D eigenvalue weighted by Gasteiger charge is 2.24. The van der Waals surface area contributed by atoms with Gasteiger partial charge in [-0.3, -0.25) is 0 Å². The molecule has 6 heteroatoms. The molecule has 0 spiro atoms. The van der Waals surface area contributed by atoms with Crippen molar-refractivity contribution in [2.24, 2.45) is 5.16 Å². The number of hydrogen-bond donors (Lipinski definition) is 1. The van der Waals surface area contributed by atoms with Crippen molar-refractivity contribution < 1.29 is 13.6 Å². The third-order valence-electron chi connectivity index (χ3n) is 2.77. The van der Waals surface area contributed by atoms with Crippen LogP contribution < -0.4 is 0 Å². The summed E-state index contributed by atoms with van der Waals surface area (Å²) in [5, 5.41) is 12.1. The summed E-state index contributed by atoms with van der Waals surface area (Å²) in [5.41, 5.74) is 1.22. The molecule has 104 valence electrons. The second kappa shape index (κ2) is 5.64. The summed E-state index contributed by atoms with van der Waals surface area (Å²) in [6, 6.07) is 12.4. The van der Waals surface area contributed by atoms with Gasteiger partial charge >= 0.3 is 0 Å². The summed E-state index contributed by atoms with van der Waals surface area (Å²) in [6.45, 7) is 1.86. The van der Waals surface area contributed by atoms with Gasteiger partial charge in [0.1, 0.15) is 0 Å². The first-order chi connectivity index (χ1) is 9.45. The first kappa shape index (κ1) is 14.6. The van der Waals surface area contributed by atoms with E-state index in [1.54, 1.807) is 12.1 Å². The van der Waals surface area contributed by atoms with Crippen LogP contribution in [0.15, 0.2) is 58.6 Å². The van der Waals surface area contributed by atoms with Crippen molar-refractivity contribution in [1.29, 1.82) is 0 Å². The summed E-state index contributed by atoms with van der Waals surface area (Å²) in [4.78, 5) is 0.0749. The maximum Gasteiger partial charge on any atom is 0.227 e. The van der Waals surface area contributed by atoms with E-state index < -0.39 is 14.9 Å². The Bertz CT molecular complexity index is 735. The number of aryl methyl sites for hydroxylation is 1. The zero-order valence-corrected chi connectivity index (χ0v) is 12.2. The molecule has 0 saturated carbocycles. The molecule has 0 radical (unpaired) electrons. The minimum atomic E-state index is -3.88. The van der Waals surface area contributed by atoms with Gasteiger partial charge in [-0.25, -0.2) is 8.42 Å². The molecule has 0 aliphatic heterocycles. The number of hydrogen-bond acceptors (Lipinski definition) is 4. The lowest BCUT2D eigenvalue weighted by Gasteiger charge is -2.07. The summed E-state index contributed by atoms with van der Waals surface area (Å²) in [5.74, 6) is 0. The number of oxime groups is 1. The van der Waals surface area contributed by atoms with Gasteiger partial charge in [0.15, 0.2) is 0 Å². The molecule has 0 aliphatic rings. The molecule has 20 heavy (non-hydrogen) atoms. The van der Waals surface area contributed by atoms with E-state index in [0.717, 1.165) is 5.56 Å². The standard InChI is InChI=1S/C14H12ClNO3S/c1-10-2-8-13(9-3-10)20(18,19)14(16-17)11-4-6-12(15)7-5-11/h2-9,17H,1H3. The molecule has 2 rings (SSSR count). The van der Waals surface area contributed by atoms with Crippen molar-refractivity contribution in [3.05, 3.63) is 64.7 Å². The van der Waals surface area contributed by atoms with E-state index in [-0.39, 0.29) is 10.5 Å². The highest BCUT2D eigenvalue weighted by atomic mass is 35.5. The molecular weight excluding hydrogens is 298 g/mol. The van der Waals surface area contributed by atoms with Gasteiger partial charge in [-0.1, -0.05) is 46.6 Å². The molecule has 0 unspecified atom stereocenters. The van der Waals surface area contributed by atoms with E-state index >= 15 is 0 Å². The lowest BCUT2D eigenvalue weighted by molar-refractivity contribution is 0.320. The van der Waals surface area contributed by atoms with Crippen LogP contribution in [0, 0.1) is 6.92 Å². The Kier molecular flexibility index (Phi) is 4.11. The highest BCUT2D eigenvalue weighted by molar-refractivity contribution is 8.07. The van der Waals surface area contributed by atoms with Crippen LogP contribution in [0.25, 0.3) is 0 Å². The number of benzene rings is 2. The van der Waals surface area contributed by atoms with Gasteiger partial charge in [0.05, 0.1) is 4.90 Å². The molecule has 0 saturated heterocycles. The van der Waals surface area contributed by atoms with Crippen molar-refractivity contribution in [3.63, 3.8) is 0 Å². The predicted octanol–water partition coefficient (Wildman–Crippen LogP) is 3.26. The molecule has 2 aromatic carbocycles. The third-order valence-corrected chi connectivity index (χ3v) is 4.74. The van der Waals surface area contributed by atoms with Gasteiger partial charge in [-0.2, -0.15) is 0 Å². The van der Waals surface area contributed by atoms with Crippen LogP contribution in [0.5, 0.6) is 0 Å². The lowest BCUT2D eigenvalue weighted by atomic mass is 10.2. The van der Waals surface area contributed by atoms with Crippen molar-refractivity contribution in [3.8, 4) is 0 Å². The molecule has 0 bridgehead atoms. The molecule has 2 aromatic rings. The first-order valence-electron chi connectivity index (χ1n) is 5.75. The van der Waals surface area contributed by atoms with Gasteiger partial charge in [0.2, 0.25) is 14.9 Å². The van der Waals surface area contributed by atoms with E-state index in [2.05, 4.69) is 5.16 Å². The van der Waals surface area contributed by atoms with Crippen LogP contribution in [0.1, 0.15) is 11.1 Å². The molecule has 0 aliphatic carbocycles. The van der Waals surface area contributed by atoms with Crippen LogP contribution in [0.2, 0.25) is 5.02 Å². The zero-order chi connectivity index (χ0) is 14.8. The van der Waals surface area contributed by atoms with Crippen molar-refractivity contribution in [1.82, 2.24) is 0 Å². The highest BCUT2D eigenvalue weighted by Crippen LogP contribution is 2.19. The Labute approximate surface area is 122 Å². The normalized spacial score (nSPS) is 12.4. The van der Waals surface area contributed by atoms with E-state index in [0.29, 0.717) is 5.02 Å². The van der Waals surface area contributed by atoms with Gasteiger partial charge in [0, 0.05) is 10.6 Å². The molecule has 0 atom stereocenters. The van der Waals surface area contributed by atoms with E-state index in [1.807, 2.05) is 6.92 Å². The molecule has 4 nitrogen and oxygen atoms in total. The van der Waals surface area contributed by atoms with Crippen LogP contribution in [-0.2, 0) is 9.84 Å².